The predicted octanol–water partition coefficient (Wildman–Crippen LogP) is 2.42. The lowest BCUT2D eigenvalue weighted by Crippen LogP contribution is -2.28. The summed E-state index contributed by atoms with van der Waals surface area (Å²) in [6, 6.07) is 0.808. The molecule has 2 heteroatoms. The highest BCUT2D eigenvalue weighted by atomic mass is 15.1. The number of hydrogen-bond donors (Lipinski definition) is 1. The van der Waals surface area contributed by atoms with Crippen LogP contribution in [0.2, 0.25) is 0 Å². The maximum Gasteiger partial charge on any atom is 0.0202 e. The first-order valence-corrected chi connectivity index (χ1v) is 6.90. The van der Waals surface area contributed by atoms with Crippen molar-refractivity contribution in [2.75, 3.05) is 26.2 Å². The molecule has 0 aromatic rings. The Morgan fingerprint density at radius 1 is 1.38 bits per heavy atom. The van der Waals surface area contributed by atoms with E-state index in [1.807, 2.05) is 0 Å². The average molecular weight is 222 g/mol. The standard InChI is InChI=1S/C14H26N2/c1-3-4-13-7-8-16(11-13)10-12(2)9-15-14-5-6-14/h13-15H,2-11H2,1H3. The molecule has 1 saturated carbocycles. The number of likely N-dealkylation sites (tertiary alicyclic amines) is 1. The monoisotopic (exact) mass is 222 g/mol. The Kier molecular flexibility index (Phi) is 4.42. The summed E-state index contributed by atoms with van der Waals surface area (Å²) in [6.45, 7) is 11.2. The van der Waals surface area contributed by atoms with Gasteiger partial charge in [-0.15, -0.1) is 0 Å². The summed E-state index contributed by atoms with van der Waals surface area (Å²) in [4.78, 5) is 2.58. The van der Waals surface area contributed by atoms with Gasteiger partial charge in [0.2, 0.25) is 0 Å². The summed E-state index contributed by atoms with van der Waals surface area (Å²) in [6.07, 6.45) is 6.88. The predicted molar refractivity (Wildman–Crippen MR) is 69.6 cm³/mol. The molecule has 1 atom stereocenters. The molecule has 1 aliphatic heterocycles. The van der Waals surface area contributed by atoms with Crippen LogP contribution in [0.5, 0.6) is 0 Å². The molecule has 16 heavy (non-hydrogen) atoms. The van der Waals surface area contributed by atoms with Gasteiger partial charge in [0.15, 0.2) is 0 Å². The van der Waals surface area contributed by atoms with Crippen molar-refractivity contribution < 1.29 is 0 Å². The topological polar surface area (TPSA) is 15.3 Å². The maximum absolute atomic E-state index is 4.18. The molecule has 0 aromatic heterocycles. The SMILES string of the molecule is C=C(CNC1CC1)CN1CCC(CCC)C1. The van der Waals surface area contributed by atoms with Gasteiger partial charge in [0, 0.05) is 25.7 Å². The van der Waals surface area contributed by atoms with E-state index in [1.165, 1.54) is 50.8 Å². The fraction of sp³-hybridized carbons (Fsp3) is 0.857. The molecular formula is C14H26N2. The molecule has 1 unspecified atom stereocenters. The second-order valence-electron chi connectivity index (χ2n) is 5.58. The van der Waals surface area contributed by atoms with Crippen LogP contribution < -0.4 is 5.32 Å². The fourth-order valence-corrected chi connectivity index (χ4v) is 2.65. The molecule has 2 rings (SSSR count). The van der Waals surface area contributed by atoms with Crippen LogP contribution in [0.4, 0.5) is 0 Å². The van der Waals surface area contributed by atoms with Crippen molar-refractivity contribution >= 4 is 0 Å². The van der Waals surface area contributed by atoms with Gasteiger partial charge in [-0.05, 0) is 43.7 Å². The molecule has 0 bridgehead atoms. The van der Waals surface area contributed by atoms with Gasteiger partial charge in [-0.3, -0.25) is 4.90 Å². The van der Waals surface area contributed by atoms with Gasteiger partial charge in [0.1, 0.15) is 0 Å². The van der Waals surface area contributed by atoms with Gasteiger partial charge in [0.25, 0.3) is 0 Å². The highest BCUT2D eigenvalue weighted by Gasteiger charge is 2.23. The quantitative estimate of drug-likeness (QED) is 0.666. The van der Waals surface area contributed by atoms with Gasteiger partial charge in [-0.25, -0.2) is 0 Å². The zero-order valence-corrected chi connectivity index (χ0v) is 10.7. The van der Waals surface area contributed by atoms with E-state index in [0.29, 0.717) is 0 Å². The van der Waals surface area contributed by atoms with E-state index in [-0.39, 0.29) is 0 Å². The summed E-state index contributed by atoms with van der Waals surface area (Å²) in [5.41, 5.74) is 1.36. The molecule has 92 valence electrons. The Morgan fingerprint density at radius 2 is 2.19 bits per heavy atom. The Morgan fingerprint density at radius 3 is 2.88 bits per heavy atom. The third kappa shape index (κ3) is 3.91. The minimum absolute atomic E-state index is 0.808. The average Bonchev–Trinajstić information content (AvgIpc) is 2.99. The number of nitrogens with zero attached hydrogens (tertiary/aromatic N) is 1. The number of hydrogen-bond acceptors (Lipinski definition) is 2. The third-order valence-corrected chi connectivity index (χ3v) is 3.73. The normalized spacial score (nSPS) is 26.2. The number of rotatable bonds is 7. The van der Waals surface area contributed by atoms with E-state index in [2.05, 4.69) is 23.7 Å². The van der Waals surface area contributed by atoms with Crippen molar-refractivity contribution in [3.8, 4) is 0 Å². The fourth-order valence-electron chi connectivity index (χ4n) is 2.65. The van der Waals surface area contributed by atoms with E-state index in [1.54, 1.807) is 0 Å². The minimum atomic E-state index is 0.808. The molecule has 2 aliphatic rings. The lowest BCUT2D eigenvalue weighted by Gasteiger charge is -2.17. The van der Waals surface area contributed by atoms with E-state index in [0.717, 1.165) is 25.0 Å². The van der Waals surface area contributed by atoms with Gasteiger partial charge >= 0.3 is 0 Å². The molecule has 0 aromatic carbocycles. The summed E-state index contributed by atoms with van der Waals surface area (Å²) < 4.78 is 0. The summed E-state index contributed by atoms with van der Waals surface area (Å²) >= 11 is 0. The molecule has 1 N–H and O–H groups in total. The second kappa shape index (κ2) is 5.83. The highest BCUT2D eigenvalue weighted by Crippen LogP contribution is 2.22. The van der Waals surface area contributed by atoms with E-state index in [9.17, 15) is 0 Å². The van der Waals surface area contributed by atoms with Crippen molar-refractivity contribution in [3.05, 3.63) is 12.2 Å². The van der Waals surface area contributed by atoms with Gasteiger partial charge < -0.3 is 5.32 Å². The van der Waals surface area contributed by atoms with Crippen LogP contribution in [0.1, 0.15) is 39.0 Å². The minimum Gasteiger partial charge on any atom is -0.310 e. The van der Waals surface area contributed by atoms with Crippen molar-refractivity contribution in [2.45, 2.75) is 45.1 Å². The zero-order valence-electron chi connectivity index (χ0n) is 10.7. The van der Waals surface area contributed by atoms with Crippen molar-refractivity contribution in [1.82, 2.24) is 10.2 Å². The van der Waals surface area contributed by atoms with E-state index >= 15 is 0 Å². The van der Waals surface area contributed by atoms with Crippen molar-refractivity contribution in [3.63, 3.8) is 0 Å². The van der Waals surface area contributed by atoms with Gasteiger partial charge in [0.05, 0.1) is 0 Å². The largest absolute Gasteiger partial charge is 0.310 e. The van der Waals surface area contributed by atoms with Crippen molar-refractivity contribution in [2.24, 2.45) is 5.92 Å². The Bertz CT molecular complexity index is 233. The first-order valence-electron chi connectivity index (χ1n) is 6.90. The lowest BCUT2D eigenvalue weighted by molar-refractivity contribution is 0.343. The second-order valence-corrected chi connectivity index (χ2v) is 5.58. The number of nitrogens with one attached hydrogen (secondary N) is 1. The van der Waals surface area contributed by atoms with Crippen LogP contribution in [0, 0.1) is 5.92 Å². The van der Waals surface area contributed by atoms with Crippen LogP contribution in [-0.4, -0.2) is 37.1 Å². The Labute approximate surface area is 100 Å². The van der Waals surface area contributed by atoms with Gasteiger partial charge in [-0.2, -0.15) is 0 Å². The van der Waals surface area contributed by atoms with E-state index < -0.39 is 0 Å². The molecular weight excluding hydrogens is 196 g/mol. The summed E-state index contributed by atoms with van der Waals surface area (Å²) in [5.74, 6) is 0.953. The highest BCUT2D eigenvalue weighted by molar-refractivity contribution is 5.02. The molecule has 0 amide bonds. The molecule has 2 fully saturated rings. The Hall–Kier alpha value is -0.340. The van der Waals surface area contributed by atoms with Gasteiger partial charge in [-0.1, -0.05) is 19.9 Å². The van der Waals surface area contributed by atoms with Crippen LogP contribution in [0.3, 0.4) is 0 Å². The van der Waals surface area contributed by atoms with E-state index in [4.69, 9.17) is 0 Å². The molecule has 1 aliphatic carbocycles. The third-order valence-electron chi connectivity index (χ3n) is 3.73. The Balaban J connectivity index is 1.59. The first-order chi connectivity index (χ1) is 7.78. The first kappa shape index (κ1) is 12.1. The summed E-state index contributed by atoms with van der Waals surface area (Å²) in [5, 5.41) is 3.54. The van der Waals surface area contributed by atoms with Crippen LogP contribution in [-0.2, 0) is 0 Å². The van der Waals surface area contributed by atoms with Crippen LogP contribution in [0.15, 0.2) is 12.2 Å². The van der Waals surface area contributed by atoms with Crippen LogP contribution in [0.25, 0.3) is 0 Å². The van der Waals surface area contributed by atoms with Crippen LogP contribution >= 0.6 is 0 Å². The summed E-state index contributed by atoms with van der Waals surface area (Å²) in [7, 11) is 0. The van der Waals surface area contributed by atoms with Crippen molar-refractivity contribution in [1.29, 1.82) is 0 Å². The molecule has 0 radical (unpaired) electrons. The molecule has 1 heterocycles. The molecule has 2 nitrogen and oxygen atoms in total. The zero-order chi connectivity index (χ0) is 11.4. The maximum atomic E-state index is 4.18. The molecule has 1 saturated heterocycles. The molecule has 0 spiro atoms. The smallest absolute Gasteiger partial charge is 0.0202 e. The lowest BCUT2D eigenvalue weighted by atomic mass is 10.0.